The highest BCUT2D eigenvalue weighted by molar-refractivity contribution is 6.06. The molecule has 0 aliphatic carbocycles. The maximum atomic E-state index is 12.5. The van der Waals surface area contributed by atoms with Crippen LogP contribution in [0.25, 0.3) is 0 Å². The highest BCUT2D eigenvalue weighted by atomic mass is 16.2. The van der Waals surface area contributed by atoms with Crippen LogP contribution in [0.3, 0.4) is 0 Å². The number of rotatable bonds is 6. The molecule has 0 aliphatic heterocycles. The number of carbonyl (C=O) groups excluding carboxylic acids is 2. The van der Waals surface area contributed by atoms with Crippen LogP contribution in [0.1, 0.15) is 44.3 Å². The van der Waals surface area contributed by atoms with E-state index in [-0.39, 0.29) is 11.8 Å². The van der Waals surface area contributed by atoms with Gasteiger partial charge in [0.1, 0.15) is 0 Å². The molecule has 0 atom stereocenters. The van der Waals surface area contributed by atoms with Crippen molar-refractivity contribution in [2.24, 2.45) is 0 Å². The molecule has 0 radical (unpaired) electrons. The van der Waals surface area contributed by atoms with Crippen molar-refractivity contribution in [3.05, 3.63) is 101 Å². The van der Waals surface area contributed by atoms with Crippen molar-refractivity contribution in [1.82, 2.24) is 5.32 Å². The Bertz CT molecular complexity index is 978. The van der Waals surface area contributed by atoms with Crippen LogP contribution >= 0.6 is 0 Å². The normalized spacial score (nSPS) is 10.4. The number of hydrogen-bond acceptors (Lipinski definition) is 2. The van der Waals surface area contributed by atoms with Gasteiger partial charge in [-0.3, -0.25) is 9.59 Å². The third-order valence-electron chi connectivity index (χ3n) is 4.71. The number of benzene rings is 3. The molecule has 0 saturated heterocycles. The van der Waals surface area contributed by atoms with Crippen molar-refractivity contribution < 1.29 is 9.59 Å². The summed E-state index contributed by atoms with van der Waals surface area (Å²) < 4.78 is 0. The number of aryl methyl sites for hydroxylation is 2. The van der Waals surface area contributed by atoms with Crippen LogP contribution < -0.4 is 10.6 Å². The van der Waals surface area contributed by atoms with Gasteiger partial charge in [-0.15, -0.1) is 0 Å². The average Bonchev–Trinajstić information content (AvgIpc) is 2.73. The lowest BCUT2D eigenvalue weighted by Gasteiger charge is -2.10. The minimum atomic E-state index is -0.238. The van der Waals surface area contributed by atoms with Gasteiger partial charge in [-0.05, 0) is 60.4 Å². The first kappa shape index (κ1) is 19.4. The summed E-state index contributed by atoms with van der Waals surface area (Å²) in [5.41, 5.74) is 5.05. The van der Waals surface area contributed by atoms with Crippen LogP contribution in [0.5, 0.6) is 0 Å². The zero-order chi connectivity index (χ0) is 19.9. The number of nitrogens with one attached hydrogen (secondary N) is 2. The van der Waals surface area contributed by atoms with E-state index < -0.39 is 0 Å². The second-order valence-electron chi connectivity index (χ2n) is 6.69. The molecule has 0 bridgehead atoms. The summed E-state index contributed by atoms with van der Waals surface area (Å²) in [5, 5.41) is 5.78. The van der Waals surface area contributed by atoms with Crippen LogP contribution in [0.15, 0.2) is 72.8 Å². The Kier molecular flexibility index (Phi) is 6.22. The lowest BCUT2D eigenvalue weighted by atomic mass is 10.1. The number of carbonyl (C=O) groups is 2. The minimum absolute atomic E-state index is 0.204. The van der Waals surface area contributed by atoms with Gasteiger partial charge in [0, 0.05) is 23.4 Å². The molecule has 3 aromatic rings. The van der Waals surface area contributed by atoms with E-state index in [4.69, 9.17) is 0 Å². The Balaban J connectivity index is 1.66. The molecule has 0 spiro atoms. The first-order valence-electron chi connectivity index (χ1n) is 9.40. The molecule has 0 aliphatic rings. The maximum absolute atomic E-state index is 12.5. The second kappa shape index (κ2) is 9.00. The van der Waals surface area contributed by atoms with Crippen molar-refractivity contribution in [3.63, 3.8) is 0 Å². The molecule has 0 aromatic heterocycles. The Morgan fingerprint density at radius 1 is 0.821 bits per heavy atom. The zero-order valence-corrected chi connectivity index (χ0v) is 16.2. The predicted octanol–water partition coefficient (Wildman–Crippen LogP) is 4.74. The van der Waals surface area contributed by atoms with Gasteiger partial charge >= 0.3 is 0 Å². The summed E-state index contributed by atoms with van der Waals surface area (Å²) in [6.07, 6.45) is 0.952. The molecule has 3 rings (SSSR count). The van der Waals surface area contributed by atoms with E-state index in [9.17, 15) is 9.59 Å². The fourth-order valence-corrected chi connectivity index (χ4v) is 2.91. The Hall–Kier alpha value is -3.40. The predicted molar refractivity (Wildman–Crippen MR) is 113 cm³/mol. The first-order chi connectivity index (χ1) is 13.6. The summed E-state index contributed by atoms with van der Waals surface area (Å²) >= 11 is 0. The molecular weight excluding hydrogens is 348 g/mol. The summed E-state index contributed by atoms with van der Waals surface area (Å²) in [7, 11) is 0. The lowest BCUT2D eigenvalue weighted by Crippen LogP contribution is -2.23. The van der Waals surface area contributed by atoms with Crippen LogP contribution in [-0.2, 0) is 13.0 Å². The van der Waals surface area contributed by atoms with E-state index >= 15 is 0 Å². The van der Waals surface area contributed by atoms with Crippen LogP contribution in [0, 0.1) is 6.92 Å². The van der Waals surface area contributed by atoms with E-state index in [1.165, 1.54) is 5.56 Å². The van der Waals surface area contributed by atoms with Gasteiger partial charge in [0.15, 0.2) is 0 Å². The molecule has 2 N–H and O–H groups in total. The standard InChI is InChI=1S/C24H24N2O2/c1-3-18-11-13-22(14-12-18)26-24(28)20-10-6-9-19(15-20)23(27)25-16-21-8-5-4-7-17(21)2/h4-15H,3,16H2,1-2H3,(H,25,27)(H,26,28). The highest BCUT2D eigenvalue weighted by Crippen LogP contribution is 2.13. The van der Waals surface area contributed by atoms with E-state index in [1.807, 2.05) is 55.5 Å². The fourth-order valence-electron chi connectivity index (χ4n) is 2.91. The molecular formula is C24H24N2O2. The van der Waals surface area contributed by atoms with E-state index in [0.717, 1.165) is 23.2 Å². The molecule has 3 aromatic carbocycles. The molecule has 0 fully saturated rings. The lowest BCUT2D eigenvalue weighted by molar-refractivity contribution is 0.0951. The molecule has 2 amide bonds. The van der Waals surface area contributed by atoms with Crippen molar-refractivity contribution in [3.8, 4) is 0 Å². The van der Waals surface area contributed by atoms with Gasteiger partial charge in [0.25, 0.3) is 11.8 Å². The fraction of sp³-hybridized carbons (Fsp3) is 0.167. The average molecular weight is 372 g/mol. The molecule has 28 heavy (non-hydrogen) atoms. The highest BCUT2D eigenvalue weighted by Gasteiger charge is 2.11. The maximum Gasteiger partial charge on any atom is 0.255 e. The Morgan fingerprint density at radius 3 is 2.18 bits per heavy atom. The van der Waals surface area contributed by atoms with Gasteiger partial charge in [-0.2, -0.15) is 0 Å². The summed E-state index contributed by atoms with van der Waals surface area (Å²) in [4.78, 5) is 25.0. The van der Waals surface area contributed by atoms with Gasteiger partial charge in [-0.1, -0.05) is 49.4 Å². The smallest absolute Gasteiger partial charge is 0.255 e. The zero-order valence-electron chi connectivity index (χ0n) is 16.2. The molecule has 4 heteroatoms. The van der Waals surface area contributed by atoms with Crippen LogP contribution in [0.4, 0.5) is 5.69 Å². The second-order valence-corrected chi connectivity index (χ2v) is 6.69. The van der Waals surface area contributed by atoms with Crippen LogP contribution in [-0.4, -0.2) is 11.8 Å². The van der Waals surface area contributed by atoms with Crippen molar-refractivity contribution in [2.45, 2.75) is 26.8 Å². The number of amides is 2. The SMILES string of the molecule is CCc1ccc(NC(=O)c2cccc(C(=O)NCc3ccccc3C)c2)cc1. The third kappa shape index (κ3) is 4.86. The molecule has 4 nitrogen and oxygen atoms in total. The Morgan fingerprint density at radius 2 is 1.50 bits per heavy atom. The van der Waals surface area contributed by atoms with Crippen molar-refractivity contribution in [1.29, 1.82) is 0 Å². The van der Waals surface area contributed by atoms with Gasteiger partial charge in [0.05, 0.1) is 0 Å². The Labute approximate surface area is 165 Å². The minimum Gasteiger partial charge on any atom is -0.348 e. The first-order valence-corrected chi connectivity index (χ1v) is 9.40. The topological polar surface area (TPSA) is 58.2 Å². The van der Waals surface area contributed by atoms with Crippen molar-refractivity contribution in [2.75, 3.05) is 5.32 Å². The summed E-state index contributed by atoms with van der Waals surface area (Å²) in [5.74, 6) is -0.442. The quantitative estimate of drug-likeness (QED) is 0.657. The van der Waals surface area contributed by atoms with Gasteiger partial charge in [0.2, 0.25) is 0 Å². The molecule has 0 heterocycles. The van der Waals surface area contributed by atoms with E-state index in [1.54, 1.807) is 24.3 Å². The van der Waals surface area contributed by atoms with E-state index in [0.29, 0.717) is 17.7 Å². The third-order valence-corrected chi connectivity index (χ3v) is 4.71. The summed E-state index contributed by atoms with van der Waals surface area (Å²) in [6.45, 7) is 4.55. The number of hydrogen-bond donors (Lipinski definition) is 2. The van der Waals surface area contributed by atoms with E-state index in [2.05, 4.69) is 17.6 Å². The molecule has 0 unspecified atom stereocenters. The monoisotopic (exact) mass is 372 g/mol. The van der Waals surface area contributed by atoms with Crippen LogP contribution in [0.2, 0.25) is 0 Å². The largest absolute Gasteiger partial charge is 0.348 e. The summed E-state index contributed by atoms with van der Waals surface area (Å²) in [6, 6.07) is 22.4. The van der Waals surface area contributed by atoms with Gasteiger partial charge in [-0.25, -0.2) is 0 Å². The van der Waals surface area contributed by atoms with Gasteiger partial charge < -0.3 is 10.6 Å². The molecule has 0 saturated carbocycles. The van der Waals surface area contributed by atoms with Crippen molar-refractivity contribution >= 4 is 17.5 Å². The molecule has 142 valence electrons. The number of anilines is 1.